The molecule has 4 heteroatoms. The third-order valence-corrected chi connectivity index (χ3v) is 3.03. The molecule has 0 radical (unpaired) electrons. The molecule has 1 aliphatic rings. The van der Waals surface area contributed by atoms with Gasteiger partial charge in [0, 0.05) is 11.5 Å². The number of nitrogens with zero attached hydrogens (tertiary/aromatic N) is 3. The predicted molar refractivity (Wildman–Crippen MR) is 67.1 cm³/mol. The lowest BCUT2D eigenvalue weighted by molar-refractivity contribution is 0.299. The number of azide groups is 1. The zero-order valence-corrected chi connectivity index (χ0v) is 10.0. The maximum Gasteiger partial charge on any atom is 0.119 e. The third kappa shape index (κ3) is 3.68. The van der Waals surface area contributed by atoms with Gasteiger partial charge in [0.05, 0.1) is 6.61 Å². The van der Waals surface area contributed by atoms with E-state index in [1.165, 1.54) is 12.8 Å². The molecule has 0 amide bonds. The number of benzene rings is 1. The van der Waals surface area contributed by atoms with Crippen molar-refractivity contribution >= 4 is 0 Å². The van der Waals surface area contributed by atoms with E-state index in [9.17, 15) is 0 Å². The van der Waals surface area contributed by atoms with Crippen molar-refractivity contribution in [1.82, 2.24) is 0 Å². The van der Waals surface area contributed by atoms with Crippen molar-refractivity contribution in [2.75, 3.05) is 13.2 Å². The van der Waals surface area contributed by atoms with Gasteiger partial charge in [0.25, 0.3) is 0 Å². The van der Waals surface area contributed by atoms with Crippen LogP contribution in [0.15, 0.2) is 29.4 Å². The van der Waals surface area contributed by atoms with Crippen molar-refractivity contribution in [2.45, 2.75) is 25.7 Å². The van der Waals surface area contributed by atoms with Crippen LogP contribution in [0.3, 0.4) is 0 Å². The van der Waals surface area contributed by atoms with Crippen molar-refractivity contribution in [3.8, 4) is 5.75 Å². The van der Waals surface area contributed by atoms with Gasteiger partial charge in [-0.15, -0.1) is 0 Å². The summed E-state index contributed by atoms with van der Waals surface area (Å²) in [4.78, 5) is 2.79. The molecule has 1 fully saturated rings. The molecule has 90 valence electrons. The molecule has 1 atom stereocenters. The lowest BCUT2D eigenvalue weighted by atomic mass is 10.0. The summed E-state index contributed by atoms with van der Waals surface area (Å²) in [7, 11) is 0. The zero-order chi connectivity index (χ0) is 12.1. The summed E-state index contributed by atoms with van der Waals surface area (Å²) >= 11 is 0. The van der Waals surface area contributed by atoms with Gasteiger partial charge < -0.3 is 4.74 Å². The smallest absolute Gasteiger partial charge is 0.119 e. The van der Waals surface area contributed by atoms with Gasteiger partial charge in [-0.3, -0.25) is 0 Å². The highest BCUT2D eigenvalue weighted by Gasteiger charge is 2.21. The molecule has 0 heterocycles. The Morgan fingerprint density at radius 3 is 3.06 bits per heavy atom. The fourth-order valence-corrected chi connectivity index (χ4v) is 1.67. The maximum atomic E-state index is 8.30. The summed E-state index contributed by atoms with van der Waals surface area (Å²) in [6, 6.07) is 8.05. The van der Waals surface area contributed by atoms with E-state index < -0.39 is 0 Å². The number of hydrogen-bond donors (Lipinski definition) is 0. The number of ether oxygens (including phenoxy) is 1. The molecule has 1 aliphatic carbocycles. The summed E-state index contributed by atoms with van der Waals surface area (Å²) < 4.78 is 5.72. The van der Waals surface area contributed by atoms with E-state index in [2.05, 4.69) is 16.9 Å². The Morgan fingerprint density at radius 1 is 1.53 bits per heavy atom. The monoisotopic (exact) mass is 231 g/mol. The Kier molecular flexibility index (Phi) is 3.89. The maximum absolute atomic E-state index is 8.30. The van der Waals surface area contributed by atoms with Crippen LogP contribution in [0.4, 0.5) is 0 Å². The quantitative estimate of drug-likeness (QED) is 0.416. The molecule has 0 aromatic heterocycles. The van der Waals surface area contributed by atoms with E-state index in [4.69, 9.17) is 10.3 Å². The van der Waals surface area contributed by atoms with Crippen LogP contribution in [-0.2, 0) is 0 Å². The fourth-order valence-electron chi connectivity index (χ4n) is 1.67. The molecule has 1 saturated carbocycles. The van der Waals surface area contributed by atoms with Gasteiger partial charge in [0.1, 0.15) is 5.75 Å². The summed E-state index contributed by atoms with van der Waals surface area (Å²) in [5, 5.41) is 3.60. The zero-order valence-electron chi connectivity index (χ0n) is 10.0. The SMILES string of the molecule is C[C@@H](CN=[N+]=[N-])c1cccc(OCC2CC2)c1. The van der Waals surface area contributed by atoms with E-state index >= 15 is 0 Å². The Bertz CT molecular complexity index is 422. The second-order valence-corrected chi connectivity index (χ2v) is 4.64. The first-order valence-corrected chi connectivity index (χ1v) is 6.03. The molecule has 1 aromatic carbocycles. The van der Waals surface area contributed by atoms with Crippen molar-refractivity contribution in [2.24, 2.45) is 11.0 Å². The molecule has 0 bridgehead atoms. The van der Waals surface area contributed by atoms with Crippen LogP contribution < -0.4 is 4.74 Å². The lowest BCUT2D eigenvalue weighted by Crippen LogP contribution is -2.01. The van der Waals surface area contributed by atoms with Crippen LogP contribution in [0.1, 0.15) is 31.2 Å². The third-order valence-electron chi connectivity index (χ3n) is 3.03. The van der Waals surface area contributed by atoms with E-state index in [1.54, 1.807) is 0 Å². The largest absolute Gasteiger partial charge is 0.493 e. The molecule has 1 aromatic rings. The van der Waals surface area contributed by atoms with Crippen LogP contribution in [0.2, 0.25) is 0 Å². The second-order valence-electron chi connectivity index (χ2n) is 4.64. The molecule has 4 nitrogen and oxygen atoms in total. The molecule has 0 saturated heterocycles. The highest BCUT2D eigenvalue weighted by atomic mass is 16.5. The first kappa shape index (κ1) is 11.8. The van der Waals surface area contributed by atoms with Gasteiger partial charge in [-0.2, -0.15) is 0 Å². The highest BCUT2D eigenvalue weighted by molar-refractivity contribution is 5.30. The molecule has 17 heavy (non-hydrogen) atoms. The summed E-state index contributed by atoms with van der Waals surface area (Å²) in [5.74, 6) is 1.91. The number of hydrogen-bond acceptors (Lipinski definition) is 2. The van der Waals surface area contributed by atoms with Crippen molar-refractivity contribution in [3.05, 3.63) is 40.3 Å². The van der Waals surface area contributed by atoms with Crippen molar-refractivity contribution in [1.29, 1.82) is 0 Å². The van der Waals surface area contributed by atoms with E-state index in [0.29, 0.717) is 6.54 Å². The van der Waals surface area contributed by atoms with Gasteiger partial charge in [0.2, 0.25) is 0 Å². The molecule has 2 rings (SSSR count). The Balaban J connectivity index is 1.96. The van der Waals surface area contributed by atoms with Gasteiger partial charge in [-0.1, -0.05) is 24.2 Å². The Morgan fingerprint density at radius 2 is 2.35 bits per heavy atom. The molecule has 0 unspecified atom stereocenters. The molecular formula is C13H17N3O. The standard InChI is InChI=1S/C13H17N3O/c1-10(8-15-16-14)12-3-2-4-13(7-12)17-9-11-5-6-11/h2-4,7,10-11H,5-6,8-9H2,1H3/t10-/m0/s1. The Labute approximate surface area is 101 Å². The average molecular weight is 231 g/mol. The summed E-state index contributed by atoms with van der Waals surface area (Å²) in [6.45, 7) is 3.37. The van der Waals surface area contributed by atoms with Gasteiger partial charge in [0.15, 0.2) is 0 Å². The van der Waals surface area contributed by atoms with Crippen LogP contribution in [0.5, 0.6) is 5.75 Å². The fraction of sp³-hybridized carbons (Fsp3) is 0.538. The van der Waals surface area contributed by atoms with Gasteiger partial charge >= 0.3 is 0 Å². The first-order valence-electron chi connectivity index (χ1n) is 6.03. The number of rotatable bonds is 6. The topological polar surface area (TPSA) is 58.0 Å². The molecular weight excluding hydrogens is 214 g/mol. The lowest BCUT2D eigenvalue weighted by Gasteiger charge is -2.11. The predicted octanol–water partition coefficient (Wildman–Crippen LogP) is 3.89. The van der Waals surface area contributed by atoms with Crippen LogP contribution >= 0.6 is 0 Å². The summed E-state index contributed by atoms with van der Waals surface area (Å²) in [6.07, 6.45) is 2.60. The van der Waals surface area contributed by atoms with E-state index in [-0.39, 0.29) is 5.92 Å². The normalized spacial score (nSPS) is 16.1. The molecule has 0 spiro atoms. The van der Waals surface area contributed by atoms with Gasteiger partial charge in [-0.05, 0) is 47.9 Å². The minimum absolute atomic E-state index is 0.232. The minimum atomic E-state index is 0.232. The minimum Gasteiger partial charge on any atom is -0.493 e. The van der Waals surface area contributed by atoms with E-state index in [1.807, 2.05) is 24.3 Å². The van der Waals surface area contributed by atoms with Crippen LogP contribution in [0.25, 0.3) is 10.4 Å². The average Bonchev–Trinajstić information content (AvgIpc) is 3.18. The van der Waals surface area contributed by atoms with Crippen LogP contribution in [0, 0.1) is 5.92 Å². The molecule has 0 aliphatic heterocycles. The van der Waals surface area contributed by atoms with E-state index in [0.717, 1.165) is 23.8 Å². The second kappa shape index (κ2) is 5.60. The molecule has 0 N–H and O–H groups in total. The van der Waals surface area contributed by atoms with Gasteiger partial charge in [-0.25, -0.2) is 0 Å². The highest BCUT2D eigenvalue weighted by Crippen LogP contribution is 2.30. The summed E-state index contributed by atoms with van der Waals surface area (Å²) in [5.41, 5.74) is 9.46. The first-order chi connectivity index (χ1) is 8.29. The van der Waals surface area contributed by atoms with Crippen molar-refractivity contribution < 1.29 is 4.74 Å². The Hall–Kier alpha value is -1.67. The van der Waals surface area contributed by atoms with Crippen LogP contribution in [-0.4, -0.2) is 13.2 Å². The van der Waals surface area contributed by atoms with Crippen molar-refractivity contribution in [3.63, 3.8) is 0 Å².